The molecule has 1 heterocycles. The predicted molar refractivity (Wildman–Crippen MR) is 71.6 cm³/mol. The fourth-order valence-electron chi connectivity index (χ4n) is 1.41. The van der Waals surface area contributed by atoms with E-state index in [0.717, 1.165) is 0 Å². The molecule has 21 heavy (non-hydrogen) atoms. The molecule has 0 saturated heterocycles. The molecule has 0 fully saturated rings. The van der Waals surface area contributed by atoms with Gasteiger partial charge in [-0.1, -0.05) is 16.7 Å². The Morgan fingerprint density at radius 3 is 2.81 bits per heavy atom. The van der Waals surface area contributed by atoms with Crippen LogP contribution in [-0.4, -0.2) is 33.8 Å². The average Bonchev–Trinajstić information content (AvgIpc) is 2.82. The van der Waals surface area contributed by atoms with Crippen molar-refractivity contribution in [2.45, 2.75) is 6.92 Å². The van der Waals surface area contributed by atoms with Gasteiger partial charge in [-0.15, -0.1) is 5.10 Å². The molecule has 0 radical (unpaired) electrons. The van der Waals surface area contributed by atoms with Crippen LogP contribution >= 0.6 is 11.6 Å². The van der Waals surface area contributed by atoms with Crippen molar-refractivity contribution < 1.29 is 23.8 Å². The first kappa shape index (κ1) is 14.8. The monoisotopic (exact) mass is 311 g/mol. The van der Waals surface area contributed by atoms with Gasteiger partial charge < -0.3 is 14.3 Å². The summed E-state index contributed by atoms with van der Waals surface area (Å²) < 4.78 is 10.1. The second kappa shape index (κ2) is 6.23. The van der Waals surface area contributed by atoms with Crippen LogP contribution in [0.15, 0.2) is 22.6 Å². The zero-order chi connectivity index (χ0) is 15.4. The highest BCUT2D eigenvalue weighted by Gasteiger charge is 2.12. The lowest BCUT2D eigenvalue weighted by molar-refractivity contribution is -0.118. The Morgan fingerprint density at radius 1 is 1.43 bits per heavy atom. The van der Waals surface area contributed by atoms with Crippen molar-refractivity contribution in [1.29, 1.82) is 0 Å². The van der Waals surface area contributed by atoms with Gasteiger partial charge in [0.25, 0.3) is 5.91 Å². The van der Waals surface area contributed by atoms with Gasteiger partial charge in [0.15, 0.2) is 6.61 Å². The van der Waals surface area contributed by atoms with Crippen LogP contribution in [0.4, 0.5) is 6.01 Å². The molecule has 0 saturated carbocycles. The van der Waals surface area contributed by atoms with Crippen molar-refractivity contribution in [1.82, 2.24) is 10.2 Å². The fourth-order valence-corrected chi connectivity index (χ4v) is 1.61. The van der Waals surface area contributed by atoms with E-state index in [2.05, 4.69) is 15.5 Å². The second-order valence-corrected chi connectivity index (χ2v) is 4.32. The first-order valence-electron chi connectivity index (χ1n) is 5.71. The third-order valence-corrected chi connectivity index (χ3v) is 2.64. The predicted octanol–water partition coefficient (Wildman–Crippen LogP) is 1.75. The van der Waals surface area contributed by atoms with Crippen LogP contribution in [0, 0.1) is 6.92 Å². The van der Waals surface area contributed by atoms with Gasteiger partial charge in [-0.25, -0.2) is 4.79 Å². The van der Waals surface area contributed by atoms with Crippen molar-refractivity contribution in [3.8, 4) is 5.75 Å². The number of carbonyl (C=O) groups excluding carboxylic acids is 1. The molecular weight excluding hydrogens is 302 g/mol. The SMILES string of the molecule is Cc1nnc(NC(=O)COc2ccc(Cl)c(C(=O)O)c2)o1. The number of anilines is 1. The van der Waals surface area contributed by atoms with Crippen molar-refractivity contribution in [2.75, 3.05) is 11.9 Å². The van der Waals surface area contributed by atoms with Crippen LogP contribution in [0.1, 0.15) is 16.2 Å². The minimum Gasteiger partial charge on any atom is -0.484 e. The summed E-state index contributed by atoms with van der Waals surface area (Å²) in [5, 5.41) is 18.5. The standard InChI is InChI=1S/C12H10ClN3O5/c1-6-15-16-12(21-6)14-10(17)5-20-7-2-3-9(13)8(4-7)11(18)19/h2-4H,5H2,1H3,(H,18,19)(H,14,16,17). The third-order valence-electron chi connectivity index (χ3n) is 2.31. The summed E-state index contributed by atoms with van der Waals surface area (Å²) in [6, 6.07) is 4.02. The molecule has 0 aliphatic carbocycles. The van der Waals surface area contributed by atoms with Gasteiger partial charge >= 0.3 is 12.0 Å². The summed E-state index contributed by atoms with van der Waals surface area (Å²) in [6.45, 7) is 1.24. The number of ether oxygens (including phenoxy) is 1. The maximum atomic E-state index is 11.6. The molecule has 1 aromatic carbocycles. The van der Waals surface area contributed by atoms with E-state index in [0.29, 0.717) is 5.89 Å². The van der Waals surface area contributed by atoms with Crippen LogP contribution in [0.2, 0.25) is 5.02 Å². The molecular formula is C12H10ClN3O5. The number of nitrogens with zero attached hydrogens (tertiary/aromatic N) is 2. The number of carbonyl (C=O) groups is 2. The van der Waals surface area contributed by atoms with Gasteiger partial charge in [-0.05, 0) is 18.2 Å². The highest BCUT2D eigenvalue weighted by atomic mass is 35.5. The Bertz CT molecular complexity index is 685. The zero-order valence-electron chi connectivity index (χ0n) is 10.8. The third kappa shape index (κ3) is 3.93. The summed E-state index contributed by atoms with van der Waals surface area (Å²) in [7, 11) is 0. The van der Waals surface area contributed by atoms with Crippen molar-refractivity contribution in [3.05, 3.63) is 34.7 Å². The Kier molecular flexibility index (Phi) is 4.39. The molecule has 0 bridgehead atoms. The molecule has 8 nitrogen and oxygen atoms in total. The van der Waals surface area contributed by atoms with Crippen LogP contribution in [-0.2, 0) is 4.79 Å². The minimum atomic E-state index is -1.18. The molecule has 9 heteroatoms. The molecule has 0 aliphatic heterocycles. The van der Waals surface area contributed by atoms with Crippen LogP contribution in [0.5, 0.6) is 5.75 Å². The largest absolute Gasteiger partial charge is 0.484 e. The number of benzene rings is 1. The number of aryl methyl sites for hydroxylation is 1. The van der Waals surface area contributed by atoms with Crippen molar-refractivity contribution in [3.63, 3.8) is 0 Å². The maximum absolute atomic E-state index is 11.6. The number of hydrogen-bond donors (Lipinski definition) is 2. The number of rotatable bonds is 5. The second-order valence-electron chi connectivity index (χ2n) is 3.91. The molecule has 0 aliphatic rings. The van der Waals surface area contributed by atoms with E-state index in [1.165, 1.54) is 18.2 Å². The molecule has 2 rings (SSSR count). The van der Waals surface area contributed by atoms with Gasteiger partial charge in [0.1, 0.15) is 5.75 Å². The molecule has 0 unspecified atom stereocenters. The molecule has 110 valence electrons. The number of nitrogens with one attached hydrogen (secondary N) is 1. The number of carboxylic acids is 1. The molecule has 0 spiro atoms. The first-order chi connectivity index (χ1) is 9.95. The number of carboxylic acid groups (broad SMARTS) is 1. The van der Waals surface area contributed by atoms with Crippen molar-refractivity contribution in [2.24, 2.45) is 0 Å². The lowest BCUT2D eigenvalue weighted by Gasteiger charge is -2.07. The van der Waals surface area contributed by atoms with E-state index in [1.807, 2.05) is 0 Å². The normalized spacial score (nSPS) is 10.2. The topological polar surface area (TPSA) is 115 Å². The summed E-state index contributed by atoms with van der Waals surface area (Å²) in [6.07, 6.45) is 0. The Labute approximate surface area is 123 Å². The Hall–Kier alpha value is -2.61. The lowest BCUT2D eigenvalue weighted by Crippen LogP contribution is -2.20. The summed E-state index contributed by atoms with van der Waals surface area (Å²) >= 11 is 5.72. The summed E-state index contributed by atoms with van der Waals surface area (Å²) in [5.74, 6) is -1.19. The maximum Gasteiger partial charge on any atom is 0.337 e. The Morgan fingerprint density at radius 2 is 2.19 bits per heavy atom. The highest BCUT2D eigenvalue weighted by Crippen LogP contribution is 2.22. The lowest BCUT2D eigenvalue weighted by atomic mass is 10.2. The van der Waals surface area contributed by atoms with Gasteiger partial charge in [-0.2, -0.15) is 0 Å². The highest BCUT2D eigenvalue weighted by molar-refractivity contribution is 6.33. The van der Waals surface area contributed by atoms with Gasteiger partial charge in [0.2, 0.25) is 5.89 Å². The Balaban J connectivity index is 1.95. The number of aromatic carboxylic acids is 1. The molecule has 0 atom stereocenters. The number of halogens is 1. The van der Waals surface area contributed by atoms with E-state index in [-0.39, 0.29) is 29.0 Å². The minimum absolute atomic E-state index is 0.0385. The number of amides is 1. The van der Waals surface area contributed by atoms with E-state index in [1.54, 1.807) is 6.92 Å². The average molecular weight is 312 g/mol. The van der Waals surface area contributed by atoms with E-state index < -0.39 is 11.9 Å². The first-order valence-corrected chi connectivity index (χ1v) is 6.09. The molecule has 1 aromatic heterocycles. The zero-order valence-corrected chi connectivity index (χ0v) is 11.5. The smallest absolute Gasteiger partial charge is 0.337 e. The molecule has 2 aromatic rings. The van der Waals surface area contributed by atoms with Crippen molar-refractivity contribution >= 4 is 29.5 Å². The summed E-state index contributed by atoms with van der Waals surface area (Å²) in [4.78, 5) is 22.5. The molecule has 2 N–H and O–H groups in total. The summed E-state index contributed by atoms with van der Waals surface area (Å²) in [5.41, 5.74) is -0.109. The quantitative estimate of drug-likeness (QED) is 0.864. The van der Waals surface area contributed by atoms with Crippen LogP contribution < -0.4 is 10.1 Å². The van der Waals surface area contributed by atoms with Gasteiger partial charge in [0.05, 0.1) is 10.6 Å². The van der Waals surface area contributed by atoms with E-state index >= 15 is 0 Å². The fraction of sp³-hybridized carbons (Fsp3) is 0.167. The van der Waals surface area contributed by atoms with Gasteiger partial charge in [0, 0.05) is 6.92 Å². The van der Waals surface area contributed by atoms with Crippen LogP contribution in [0.25, 0.3) is 0 Å². The van der Waals surface area contributed by atoms with Gasteiger partial charge in [-0.3, -0.25) is 10.1 Å². The number of aromatic nitrogens is 2. The number of hydrogen-bond acceptors (Lipinski definition) is 6. The van der Waals surface area contributed by atoms with E-state index in [4.69, 9.17) is 25.9 Å². The van der Waals surface area contributed by atoms with E-state index in [9.17, 15) is 9.59 Å². The van der Waals surface area contributed by atoms with Crippen LogP contribution in [0.3, 0.4) is 0 Å². The molecule has 1 amide bonds.